The van der Waals surface area contributed by atoms with Crippen molar-refractivity contribution in [3.05, 3.63) is 46.5 Å². The Morgan fingerprint density at radius 2 is 2.19 bits per heavy atom. The third-order valence-electron chi connectivity index (χ3n) is 3.58. The molecule has 1 aromatic carbocycles. The van der Waals surface area contributed by atoms with Gasteiger partial charge < -0.3 is 10.4 Å². The highest BCUT2D eigenvalue weighted by molar-refractivity contribution is 5.88. The second-order valence-electron chi connectivity index (χ2n) is 5.01. The number of aromatic carboxylic acids is 1. The minimum Gasteiger partial charge on any atom is -0.476 e. The van der Waals surface area contributed by atoms with Crippen molar-refractivity contribution in [1.29, 1.82) is 0 Å². The third-order valence-corrected chi connectivity index (χ3v) is 3.58. The van der Waals surface area contributed by atoms with Crippen LogP contribution in [0.3, 0.4) is 0 Å². The molecule has 6 heteroatoms. The topological polar surface area (TPSA) is 75.1 Å². The number of hydrogen-bond donors (Lipinski definition) is 2. The standard InChI is InChI=1S/C15H14FN3O2/c1-8-2-3-9(16)6-10(8)14-18-12-4-5-17-7-11(12)13(19-14)15(20)21/h2-3,6,17H,4-5,7H2,1H3,(H,20,21). The first-order valence-electron chi connectivity index (χ1n) is 6.66. The summed E-state index contributed by atoms with van der Waals surface area (Å²) in [5.74, 6) is -1.21. The summed E-state index contributed by atoms with van der Waals surface area (Å²) in [7, 11) is 0. The van der Waals surface area contributed by atoms with Gasteiger partial charge in [-0.25, -0.2) is 19.2 Å². The van der Waals surface area contributed by atoms with Gasteiger partial charge >= 0.3 is 5.97 Å². The molecule has 0 spiro atoms. The number of nitrogens with zero attached hydrogens (tertiary/aromatic N) is 2. The maximum Gasteiger partial charge on any atom is 0.354 e. The quantitative estimate of drug-likeness (QED) is 0.883. The molecule has 0 bridgehead atoms. The van der Waals surface area contributed by atoms with E-state index in [0.29, 0.717) is 24.1 Å². The van der Waals surface area contributed by atoms with Gasteiger partial charge in [-0.15, -0.1) is 0 Å². The molecule has 0 unspecified atom stereocenters. The van der Waals surface area contributed by atoms with Crippen molar-refractivity contribution >= 4 is 5.97 Å². The first-order chi connectivity index (χ1) is 10.1. The number of nitrogens with one attached hydrogen (secondary N) is 1. The summed E-state index contributed by atoms with van der Waals surface area (Å²) in [6.07, 6.45) is 0.638. The van der Waals surface area contributed by atoms with E-state index in [-0.39, 0.29) is 11.5 Å². The van der Waals surface area contributed by atoms with E-state index in [1.54, 1.807) is 6.07 Å². The maximum atomic E-state index is 13.4. The molecule has 21 heavy (non-hydrogen) atoms. The number of rotatable bonds is 2. The van der Waals surface area contributed by atoms with Crippen molar-refractivity contribution in [1.82, 2.24) is 15.3 Å². The molecular formula is C15H14FN3O2. The van der Waals surface area contributed by atoms with Crippen LogP contribution in [-0.4, -0.2) is 27.6 Å². The number of carboxylic acids is 1. The van der Waals surface area contributed by atoms with Crippen LogP contribution in [0.15, 0.2) is 18.2 Å². The highest BCUT2D eigenvalue weighted by Crippen LogP contribution is 2.25. The molecule has 1 aliphatic heterocycles. The van der Waals surface area contributed by atoms with Crippen LogP contribution >= 0.6 is 0 Å². The van der Waals surface area contributed by atoms with Gasteiger partial charge in [-0.1, -0.05) is 6.07 Å². The van der Waals surface area contributed by atoms with Crippen molar-refractivity contribution in [3.8, 4) is 11.4 Å². The first-order valence-corrected chi connectivity index (χ1v) is 6.66. The lowest BCUT2D eigenvalue weighted by Gasteiger charge is -2.19. The third kappa shape index (κ3) is 2.50. The van der Waals surface area contributed by atoms with Gasteiger partial charge in [-0.2, -0.15) is 0 Å². The molecule has 3 rings (SSSR count). The second kappa shape index (κ2) is 5.21. The monoisotopic (exact) mass is 287 g/mol. The Hall–Kier alpha value is -2.34. The fourth-order valence-electron chi connectivity index (χ4n) is 2.48. The van der Waals surface area contributed by atoms with E-state index < -0.39 is 11.8 Å². The summed E-state index contributed by atoms with van der Waals surface area (Å²) in [5, 5.41) is 12.5. The molecule has 2 heterocycles. The van der Waals surface area contributed by atoms with Crippen LogP contribution in [-0.2, 0) is 13.0 Å². The molecule has 1 aromatic heterocycles. The zero-order valence-corrected chi connectivity index (χ0v) is 11.5. The summed E-state index contributed by atoms with van der Waals surface area (Å²) in [4.78, 5) is 20.0. The molecular weight excluding hydrogens is 273 g/mol. The van der Waals surface area contributed by atoms with E-state index in [0.717, 1.165) is 17.8 Å². The highest BCUT2D eigenvalue weighted by atomic mass is 19.1. The van der Waals surface area contributed by atoms with E-state index in [4.69, 9.17) is 0 Å². The van der Waals surface area contributed by atoms with Gasteiger partial charge in [0.1, 0.15) is 5.82 Å². The molecule has 108 valence electrons. The number of hydrogen-bond acceptors (Lipinski definition) is 4. The number of aromatic nitrogens is 2. The minimum absolute atomic E-state index is 0.00846. The molecule has 0 amide bonds. The van der Waals surface area contributed by atoms with Crippen molar-refractivity contribution in [3.63, 3.8) is 0 Å². The number of halogens is 1. The Labute approximate surface area is 120 Å². The van der Waals surface area contributed by atoms with Gasteiger partial charge in [0, 0.05) is 30.6 Å². The molecule has 0 fully saturated rings. The predicted octanol–water partition coefficient (Wildman–Crippen LogP) is 1.94. The smallest absolute Gasteiger partial charge is 0.354 e. The van der Waals surface area contributed by atoms with Crippen LogP contribution in [0, 0.1) is 12.7 Å². The van der Waals surface area contributed by atoms with Gasteiger partial charge in [0.15, 0.2) is 11.5 Å². The van der Waals surface area contributed by atoms with Crippen molar-refractivity contribution in [2.75, 3.05) is 6.54 Å². The maximum absolute atomic E-state index is 13.4. The van der Waals surface area contributed by atoms with Gasteiger partial charge in [-0.3, -0.25) is 0 Å². The number of fused-ring (bicyclic) bond motifs is 1. The lowest BCUT2D eigenvalue weighted by Crippen LogP contribution is -2.28. The molecule has 0 saturated carbocycles. The summed E-state index contributed by atoms with van der Waals surface area (Å²) < 4.78 is 13.4. The number of aryl methyl sites for hydroxylation is 1. The Morgan fingerprint density at radius 1 is 1.38 bits per heavy atom. The molecule has 5 nitrogen and oxygen atoms in total. The summed E-state index contributed by atoms with van der Waals surface area (Å²) in [5.41, 5.74) is 2.66. The molecule has 0 aliphatic carbocycles. The van der Waals surface area contributed by atoms with Crippen LogP contribution < -0.4 is 5.32 Å². The van der Waals surface area contributed by atoms with E-state index in [9.17, 15) is 14.3 Å². The fraction of sp³-hybridized carbons (Fsp3) is 0.267. The molecule has 0 radical (unpaired) electrons. The van der Waals surface area contributed by atoms with Crippen LogP contribution in [0.1, 0.15) is 27.3 Å². The number of benzene rings is 1. The summed E-state index contributed by atoms with van der Waals surface area (Å²) in [6, 6.07) is 4.33. The zero-order chi connectivity index (χ0) is 15.0. The van der Waals surface area contributed by atoms with E-state index >= 15 is 0 Å². The lowest BCUT2D eigenvalue weighted by molar-refractivity contribution is 0.0688. The molecule has 1 aliphatic rings. The number of carboxylic acid groups (broad SMARTS) is 1. The fourth-order valence-corrected chi connectivity index (χ4v) is 2.48. The zero-order valence-electron chi connectivity index (χ0n) is 11.5. The van der Waals surface area contributed by atoms with Crippen LogP contribution in [0.5, 0.6) is 0 Å². The average Bonchev–Trinajstić information content (AvgIpc) is 2.48. The SMILES string of the molecule is Cc1ccc(F)cc1-c1nc2c(c(C(=O)O)n1)CNCC2. The normalized spacial score (nSPS) is 13.8. The van der Waals surface area contributed by atoms with Crippen molar-refractivity contribution in [2.24, 2.45) is 0 Å². The Bertz CT molecular complexity index is 731. The van der Waals surface area contributed by atoms with Gasteiger partial charge in [-0.05, 0) is 24.6 Å². The average molecular weight is 287 g/mol. The van der Waals surface area contributed by atoms with Crippen LogP contribution in [0.25, 0.3) is 11.4 Å². The van der Waals surface area contributed by atoms with Crippen molar-refractivity contribution < 1.29 is 14.3 Å². The Balaban J connectivity index is 2.22. The molecule has 0 saturated heterocycles. The van der Waals surface area contributed by atoms with Gasteiger partial charge in [0.2, 0.25) is 0 Å². The Kier molecular flexibility index (Phi) is 3.39. The first kappa shape index (κ1) is 13.6. The highest BCUT2D eigenvalue weighted by Gasteiger charge is 2.22. The summed E-state index contributed by atoms with van der Waals surface area (Å²) in [6.45, 7) is 3.00. The lowest BCUT2D eigenvalue weighted by atomic mass is 10.0. The Morgan fingerprint density at radius 3 is 2.95 bits per heavy atom. The minimum atomic E-state index is -1.09. The van der Waals surface area contributed by atoms with E-state index in [2.05, 4.69) is 15.3 Å². The predicted molar refractivity (Wildman–Crippen MR) is 74.5 cm³/mol. The molecule has 0 atom stereocenters. The van der Waals surface area contributed by atoms with Crippen LogP contribution in [0.2, 0.25) is 0 Å². The number of carbonyl (C=O) groups is 1. The van der Waals surface area contributed by atoms with E-state index in [1.807, 2.05) is 6.92 Å². The largest absolute Gasteiger partial charge is 0.476 e. The van der Waals surface area contributed by atoms with Crippen LogP contribution in [0.4, 0.5) is 4.39 Å². The second-order valence-corrected chi connectivity index (χ2v) is 5.01. The molecule has 2 aromatic rings. The van der Waals surface area contributed by atoms with Gasteiger partial charge in [0.25, 0.3) is 0 Å². The van der Waals surface area contributed by atoms with E-state index in [1.165, 1.54) is 12.1 Å². The summed E-state index contributed by atoms with van der Waals surface area (Å²) >= 11 is 0. The van der Waals surface area contributed by atoms with Gasteiger partial charge in [0.05, 0.1) is 5.69 Å². The van der Waals surface area contributed by atoms with Crippen molar-refractivity contribution in [2.45, 2.75) is 19.9 Å². The molecule has 2 N–H and O–H groups in total.